The summed E-state index contributed by atoms with van der Waals surface area (Å²) in [6.07, 6.45) is 0. The fourth-order valence-corrected chi connectivity index (χ4v) is 2.71. The highest BCUT2D eigenvalue weighted by atomic mass is 16.6. The van der Waals surface area contributed by atoms with Crippen molar-refractivity contribution in [3.05, 3.63) is 64.0 Å². The summed E-state index contributed by atoms with van der Waals surface area (Å²) in [4.78, 5) is 25.5. The van der Waals surface area contributed by atoms with Crippen LogP contribution in [-0.4, -0.2) is 26.8 Å². The van der Waals surface area contributed by atoms with E-state index >= 15 is 0 Å². The monoisotopic (exact) mass is 384 g/mol. The molecule has 0 aliphatic carbocycles. The highest BCUT2D eigenvalue weighted by molar-refractivity contribution is 5.94. The Kier molecular flexibility index (Phi) is 5.84. The van der Waals surface area contributed by atoms with Crippen LogP contribution < -0.4 is 19.6 Å². The molecule has 1 heterocycles. The van der Waals surface area contributed by atoms with E-state index in [1.807, 2.05) is 30.3 Å². The van der Waals surface area contributed by atoms with Crippen LogP contribution in [0.3, 0.4) is 0 Å². The van der Waals surface area contributed by atoms with Gasteiger partial charge in [0.15, 0.2) is 0 Å². The second-order valence-electron chi connectivity index (χ2n) is 5.79. The molecule has 28 heavy (non-hydrogen) atoms. The van der Waals surface area contributed by atoms with Gasteiger partial charge in [-0.2, -0.15) is 0 Å². The van der Waals surface area contributed by atoms with Gasteiger partial charge in [0.25, 0.3) is 5.76 Å². The molecule has 0 bridgehead atoms. The molecule has 0 saturated heterocycles. The summed E-state index contributed by atoms with van der Waals surface area (Å²) in [7, 11) is 2.90. The van der Waals surface area contributed by atoms with Gasteiger partial charge in [-0.1, -0.05) is 30.3 Å². The van der Waals surface area contributed by atoms with E-state index in [0.29, 0.717) is 5.75 Å². The molecule has 1 aromatic heterocycles. The van der Waals surface area contributed by atoms with E-state index in [4.69, 9.17) is 23.4 Å². The van der Waals surface area contributed by atoms with Crippen LogP contribution in [0.25, 0.3) is 11.0 Å². The molecule has 0 aliphatic rings. The number of fused-ring (bicyclic) bond motifs is 1. The van der Waals surface area contributed by atoms with Crippen molar-refractivity contribution >= 4 is 16.9 Å². The quantitative estimate of drug-likeness (QED) is 0.576. The maximum atomic E-state index is 13.1. The largest absolute Gasteiger partial charge is 0.496 e. The van der Waals surface area contributed by atoms with Crippen LogP contribution in [0.5, 0.6) is 17.2 Å². The third kappa shape index (κ3) is 3.78. The standard InChI is InChI=1S/C21H20O7/c1-4-26-21(23)20-19(27-12-13-8-6-5-7-9-13)18(22)17-15(25-3)10-14(24-2)11-16(17)28-20/h5-11H,4,12H2,1-3H3. The molecule has 0 amide bonds. The van der Waals surface area contributed by atoms with Crippen molar-refractivity contribution in [1.82, 2.24) is 0 Å². The van der Waals surface area contributed by atoms with E-state index in [2.05, 4.69) is 0 Å². The maximum absolute atomic E-state index is 13.1. The average Bonchev–Trinajstić information content (AvgIpc) is 2.72. The van der Waals surface area contributed by atoms with Crippen molar-refractivity contribution in [2.45, 2.75) is 13.5 Å². The lowest BCUT2D eigenvalue weighted by atomic mass is 10.1. The number of rotatable bonds is 7. The summed E-state index contributed by atoms with van der Waals surface area (Å²) in [5.74, 6) is -0.640. The maximum Gasteiger partial charge on any atom is 0.378 e. The highest BCUT2D eigenvalue weighted by Gasteiger charge is 2.25. The van der Waals surface area contributed by atoms with Gasteiger partial charge in [-0.3, -0.25) is 4.79 Å². The zero-order valence-corrected chi connectivity index (χ0v) is 15.8. The van der Waals surface area contributed by atoms with Gasteiger partial charge in [-0.15, -0.1) is 0 Å². The molecular weight excluding hydrogens is 364 g/mol. The molecule has 7 heteroatoms. The van der Waals surface area contributed by atoms with E-state index in [1.54, 1.807) is 13.0 Å². The number of hydrogen-bond donors (Lipinski definition) is 0. The minimum Gasteiger partial charge on any atom is -0.496 e. The van der Waals surface area contributed by atoms with Gasteiger partial charge in [0.05, 0.1) is 20.8 Å². The van der Waals surface area contributed by atoms with Crippen molar-refractivity contribution in [3.63, 3.8) is 0 Å². The predicted molar refractivity (Wildman–Crippen MR) is 102 cm³/mol. The van der Waals surface area contributed by atoms with Crippen LogP contribution in [0.2, 0.25) is 0 Å². The second-order valence-corrected chi connectivity index (χ2v) is 5.79. The minimum absolute atomic E-state index is 0.0853. The first-order valence-corrected chi connectivity index (χ1v) is 8.65. The summed E-state index contributed by atoms with van der Waals surface area (Å²) >= 11 is 0. The fraction of sp³-hybridized carbons (Fsp3) is 0.238. The lowest BCUT2D eigenvalue weighted by molar-refractivity contribution is 0.0482. The molecule has 3 rings (SSSR count). The van der Waals surface area contributed by atoms with Gasteiger partial charge in [0.2, 0.25) is 11.2 Å². The molecule has 0 radical (unpaired) electrons. The SMILES string of the molecule is CCOC(=O)c1oc2cc(OC)cc(OC)c2c(=O)c1OCc1ccccc1. The third-order valence-corrected chi connectivity index (χ3v) is 4.03. The lowest BCUT2D eigenvalue weighted by Crippen LogP contribution is -2.16. The zero-order chi connectivity index (χ0) is 20.1. The number of carbonyl (C=O) groups is 1. The van der Waals surface area contributed by atoms with E-state index in [1.165, 1.54) is 20.3 Å². The van der Waals surface area contributed by atoms with Gasteiger partial charge in [0, 0.05) is 12.1 Å². The van der Waals surface area contributed by atoms with Crippen LogP contribution in [0.15, 0.2) is 51.7 Å². The van der Waals surface area contributed by atoms with Crippen molar-refractivity contribution in [2.24, 2.45) is 0 Å². The number of ether oxygens (including phenoxy) is 4. The van der Waals surface area contributed by atoms with Gasteiger partial charge in [-0.25, -0.2) is 4.79 Å². The normalized spacial score (nSPS) is 10.5. The number of methoxy groups -OCH3 is 2. The lowest BCUT2D eigenvalue weighted by Gasteiger charge is -2.13. The van der Waals surface area contributed by atoms with E-state index < -0.39 is 11.4 Å². The van der Waals surface area contributed by atoms with Crippen LogP contribution in [0.1, 0.15) is 23.0 Å². The van der Waals surface area contributed by atoms with Crippen LogP contribution >= 0.6 is 0 Å². The molecule has 0 saturated carbocycles. The smallest absolute Gasteiger partial charge is 0.378 e. The Labute approximate surface area is 161 Å². The van der Waals surface area contributed by atoms with Crippen LogP contribution in [0.4, 0.5) is 0 Å². The zero-order valence-electron chi connectivity index (χ0n) is 15.8. The molecule has 3 aromatic rings. The number of carbonyl (C=O) groups excluding carboxylic acids is 1. The summed E-state index contributed by atoms with van der Waals surface area (Å²) < 4.78 is 26.9. The molecule has 2 aromatic carbocycles. The molecular formula is C21H20O7. The van der Waals surface area contributed by atoms with Gasteiger partial charge >= 0.3 is 5.97 Å². The highest BCUT2D eigenvalue weighted by Crippen LogP contribution is 2.32. The Balaban J connectivity index is 2.17. The van der Waals surface area contributed by atoms with Crippen molar-refractivity contribution in [2.75, 3.05) is 20.8 Å². The molecule has 0 spiro atoms. The molecule has 0 unspecified atom stereocenters. The number of benzene rings is 2. The summed E-state index contributed by atoms with van der Waals surface area (Å²) in [5, 5.41) is 0.152. The Morgan fingerprint density at radius 3 is 2.46 bits per heavy atom. The summed E-state index contributed by atoms with van der Waals surface area (Å²) in [6.45, 7) is 1.87. The van der Waals surface area contributed by atoms with Gasteiger partial charge in [0.1, 0.15) is 29.1 Å². The van der Waals surface area contributed by atoms with Crippen molar-refractivity contribution in [1.29, 1.82) is 0 Å². The molecule has 0 aliphatic heterocycles. The molecule has 0 N–H and O–H groups in total. The Morgan fingerprint density at radius 1 is 1.07 bits per heavy atom. The summed E-state index contributed by atoms with van der Waals surface area (Å²) in [5.41, 5.74) is 0.439. The van der Waals surface area contributed by atoms with Crippen molar-refractivity contribution < 1.29 is 28.2 Å². The first kappa shape index (κ1) is 19.3. The Bertz CT molecular complexity index is 1040. The van der Waals surface area contributed by atoms with Crippen molar-refractivity contribution in [3.8, 4) is 17.2 Å². The number of hydrogen-bond acceptors (Lipinski definition) is 7. The van der Waals surface area contributed by atoms with Gasteiger partial charge < -0.3 is 23.4 Å². The molecule has 0 fully saturated rings. The molecule has 0 atom stereocenters. The fourth-order valence-electron chi connectivity index (χ4n) is 2.71. The topological polar surface area (TPSA) is 84.2 Å². The Morgan fingerprint density at radius 2 is 1.82 bits per heavy atom. The molecule has 146 valence electrons. The van der Waals surface area contributed by atoms with Gasteiger partial charge in [-0.05, 0) is 12.5 Å². The average molecular weight is 384 g/mol. The number of esters is 1. The van der Waals surface area contributed by atoms with E-state index in [0.717, 1.165) is 5.56 Å². The predicted octanol–water partition coefficient (Wildman–Crippen LogP) is 3.57. The Hall–Kier alpha value is -3.48. The molecule has 7 nitrogen and oxygen atoms in total. The minimum atomic E-state index is -0.786. The first-order chi connectivity index (χ1) is 13.6. The van der Waals surface area contributed by atoms with Crippen LogP contribution in [-0.2, 0) is 11.3 Å². The summed E-state index contributed by atoms with van der Waals surface area (Å²) in [6, 6.07) is 12.3. The third-order valence-electron chi connectivity index (χ3n) is 4.03. The second kappa shape index (κ2) is 8.47. The first-order valence-electron chi connectivity index (χ1n) is 8.65. The van der Waals surface area contributed by atoms with E-state index in [-0.39, 0.29) is 41.4 Å². The van der Waals surface area contributed by atoms with Crippen LogP contribution in [0, 0.1) is 0 Å². The van der Waals surface area contributed by atoms with E-state index in [9.17, 15) is 9.59 Å².